The molecule has 0 aliphatic carbocycles. The normalized spacial score (nSPS) is 13.9. The summed E-state index contributed by atoms with van der Waals surface area (Å²) in [6, 6.07) is 10.8. The van der Waals surface area contributed by atoms with Gasteiger partial charge in [0.05, 0.1) is 0 Å². The minimum atomic E-state index is 0.673. The summed E-state index contributed by atoms with van der Waals surface area (Å²) >= 11 is 0. The lowest BCUT2D eigenvalue weighted by Crippen LogP contribution is -1.92. The van der Waals surface area contributed by atoms with Crippen molar-refractivity contribution in [1.29, 1.82) is 0 Å². The van der Waals surface area contributed by atoms with E-state index in [1.807, 2.05) is 0 Å². The monoisotopic (exact) mass is 202 g/mol. The maximum Gasteiger partial charge on any atom is -0.0187 e. The van der Waals surface area contributed by atoms with E-state index < -0.39 is 0 Å². The van der Waals surface area contributed by atoms with E-state index in [-0.39, 0.29) is 0 Å². The van der Waals surface area contributed by atoms with E-state index >= 15 is 0 Å². The molecule has 0 N–H and O–H groups in total. The van der Waals surface area contributed by atoms with Crippen LogP contribution in [0.2, 0.25) is 0 Å². The van der Waals surface area contributed by atoms with E-state index in [1.54, 1.807) is 0 Å². The Morgan fingerprint density at radius 2 is 1.93 bits per heavy atom. The number of rotatable bonds is 5. The molecule has 0 fully saturated rings. The van der Waals surface area contributed by atoms with Gasteiger partial charge in [-0.15, -0.1) is 0 Å². The summed E-state index contributed by atoms with van der Waals surface area (Å²) in [5, 5.41) is 0. The Bertz CT molecular complexity index is 295. The van der Waals surface area contributed by atoms with Crippen LogP contribution >= 0.6 is 0 Å². The van der Waals surface area contributed by atoms with E-state index in [1.165, 1.54) is 30.4 Å². The summed E-state index contributed by atoms with van der Waals surface area (Å²) in [6.45, 7) is 6.74. The van der Waals surface area contributed by atoms with Gasteiger partial charge in [0.15, 0.2) is 0 Å². The van der Waals surface area contributed by atoms with Gasteiger partial charge in [-0.25, -0.2) is 0 Å². The largest absolute Gasteiger partial charge is 0.0856 e. The molecule has 0 aliphatic rings. The Morgan fingerprint density at radius 3 is 2.53 bits per heavy atom. The van der Waals surface area contributed by atoms with E-state index in [0.717, 1.165) is 0 Å². The minimum absolute atomic E-state index is 0.673. The van der Waals surface area contributed by atoms with Gasteiger partial charge in [-0.3, -0.25) is 0 Å². The summed E-state index contributed by atoms with van der Waals surface area (Å²) in [4.78, 5) is 0. The van der Waals surface area contributed by atoms with E-state index in [0.29, 0.717) is 5.92 Å². The fourth-order valence-corrected chi connectivity index (χ4v) is 1.67. The van der Waals surface area contributed by atoms with Crippen molar-refractivity contribution in [2.45, 2.75) is 46.0 Å². The summed E-state index contributed by atoms with van der Waals surface area (Å²) in [7, 11) is 0. The molecule has 0 spiro atoms. The highest BCUT2D eigenvalue weighted by molar-refractivity contribution is 5.18. The highest BCUT2D eigenvalue weighted by atomic mass is 14.1. The molecule has 1 rings (SSSR count). The molecule has 0 amide bonds. The third-order valence-corrected chi connectivity index (χ3v) is 3.02. The van der Waals surface area contributed by atoms with Crippen LogP contribution in [0.25, 0.3) is 0 Å². The zero-order valence-electron chi connectivity index (χ0n) is 10.2. The molecule has 0 bridgehead atoms. The summed E-state index contributed by atoms with van der Waals surface area (Å²) < 4.78 is 0. The molecule has 1 unspecified atom stereocenters. The molecule has 0 saturated carbocycles. The van der Waals surface area contributed by atoms with Crippen LogP contribution in [0.5, 0.6) is 0 Å². The molecule has 0 aromatic heterocycles. The van der Waals surface area contributed by atoms with Gasteiger partial charge in [-0.05, 0) is 37.7 Å². The van der Waals surface area contributed by atoms with E-state index in [2.05, 4.69) is 57.2 Å². The lowest BCUT2D eigenvalue weighted by Gasteiger charge is -2.10. The van der Waals surface area contributed by atoms with Crippen molar-refractivity contribution < 1.29 is 0 Å². The first kappa shape index (κ1) is 12.0. The second-order valence-corrected chi connectivity index (χ2v) is 4.29. The summed E-state index contributed by atoms with van der Waals surface area (Å²) in [6.07, 6.45) is 6.01. The number of allylic oxidation sites excluding steroid dienone is 2. The van der Waals surface area contributed by atoms with Crippen LogP contribution in [-0.4, -0.2) is 0 Å². The quantitative estimate of drug-likeness (QED) is 0.594. The summed E-state index contributed by atoms with van der Waals surface area (Å²) in [5.74, 6) is 0.673. The Labute approximate surface area is 94.0 Å². The van der Waals surface area contributed by atoms with Crippen LogP contribution in [0.4, 0.5) is 0 Å². The van der Waals surface area contributed by atoms with Crippen LogP contribution in [0.3, 0.4) is 0 Å². The van der Waals surface area contributed by atoms with Gasteiger partial charge in [0.1, 0.15) is 0 Å². The van der Waals surface area contributed by atoms with Crippen molar-refractivity contribution >= 4 is 0 Å². The van der Waals surface area contributed by atoms with Crippen LogP contribution in [0, 0.1) is 0 Å². The van der Waals surface area contributed by atoms with Crippen LogP contribution in [-0.2, 0) is 0 Å². The Kier molecular flexibility index (Phi) is 5.17. The molecular weight excluding hydrogens is 180 g/mol. The highest BCUT2D eigenvalue weighted by Crippen LogP contribution is 2.20. The molecule has 15 heavy (non-hydrogen) atoms. The first-order chi connectivity index (χ1) is 7.24. The minimum Gasteiger partial charge on any atom is -0.0856 e. The van der Waals surface area contributed by atoms with E-state index in [9.17, 15) is 0 Å². The first-order valence-corrected chi connectivity index (χ1v) is 5.94. The molecule has 0 saturated heterocycles. The molecule has 0 nitrogen and oxygen atoms in total. The molecule has 0 heterocycles. The third-order valence-electron chi connectivity index (χ3n) is 3.02. The average molecular weight is 202 g/mol. The Morgan fingerprint density at radius 1 is 1.27 bits per heavy atom. The maximum absolute atomic E-state index is 2.37. The van der Waals surface area contributed by atoms with Crippen molar-refractivity contribution in [3.05, 3.63) is 47.5 Å². The molecule has 82 valence electrons. The van der Waals surface area contributed by atoms with E-state index in [4.69, 9.17) is 0 Å². The van der Waals surface area contributed by atoms with Crippen molar-refractivity contribution in [2.75, 3.05) is 0 Å². The second-order valence-electron chi connectivity index (χ2n) is 4.29. The zero-order chi connectivity index (χ0) is 11.1. The average Bonchev–Trinajstić information content (AvgIpc) is 2.29. The Hall–Kier alpha value is -1.04. The number of hydrogen-bond acceptors (Lipinski definition) is 0. The smallest absolute Gasteiger partial charge is 0.0187 e. The van der Waals surface area contributed by atoms with Crippen molar-refractivity contribution in [1.82, 2.24) is 0 Å². The molecule has 1 atom stereocenters. The standard InChI is InChI=1S/C15H22/c1-4-13(2)9-8-10-14(3)15-11-6-5-7-12-15/h5-7,9,11-12,14H,4,8,10H2,1-3H3. The van der Waals surface area contributed by atoms with Gasteiger partial charge >= 0.3 is 0 Å². The molecule has 0 radical (unpaired) electrons. The van der Waals surface area contributed by atoms with Gasteiger partial charge in [-0.1, -0.05) is 55.8 Å². The topological polar surface area (TPSA) is 0 Å². The third kappa shape index (κ3) is 4.33. The van der Waals surface area contributed by atoms with Crippen LogP contribution < -0.4 is 0 Å². The molecule has 0 aliphatic heterocycles. The SMILES string of the molecule is CCC(C)=CCCC(C)c1ccccc1. The van der Waals surface area contributed by atoms with Crippen LogP contribution in [0.15, 0.2) is 42.0 Å². The summed E-state index contributed by atoms with van der Waals surface area (Å²) in [5.41, 5.74) is 2.97. The predicted octanol–water partition coefficient (Wildman–Crippen LogP) is 4.93. The Balaban J connectivity index is 2.40. The lowest BCUT2D eigenvalue weighted by atomic mass is 9.96. The second kappa shape index (κ2) is 6.44. The molecular formula is C15H22. The van der Waals surface area contributed by atoms with Gasteiger partial charge in [-0.2, -0.15) is 0 Å². The fourth-order valence-electron chi connectivity index (χ4n) is 1.67. The van der Waals surface area contributed by atoms with Gasteiger partial charge in [0.2, 0.25) is 0 Å². The van der Waals surface area contributed by atoms with Gasteiger partial charge in [0.25, 0.3) is 0 Å². The first-order valence-electron chi connectivity index (χ1n) is 5.94. The van der Waals surface area contributed by atoms with Crippen molar-refractivity contribution in [3.8, 4) is 0 Å². The zero-order valence-corrected chi connectivity index (χ0v) is 10.2. The van der Waals surface area contributed by atoms with Crippen LogP contribution in [0.1, 0.15) is 51.5 Å². The van der Waals surface area contributed by atoms with Crippen molar-refractivity contribution in [3.63, 3.8) is 0 Å². The van der Waals surface area contributed by atoms with Gasteiger partial charge in [0, 0.05) is 0 Å². The highest BCUT2D eigenvalue weighted by Gasteiger charge is 2.02. The fraction of sp³-hybridized carbons (Fsp3) is 0.467. The molecule has 0 heteroatoms. The molecule has 1 aromatic rings. The number of benzene rings is 1. The predicted molar refractivity (Wildman–Crippen MR) is 68.1 cm³/mol. The van der Waals surface area contributed by atoms with Crippen molar-refractivity contribution in [2.24, 2.45) is 0 Å². The maximum atomic E-state index is 2.37. The number of hydrogen-bond donors (Lipinski definition) is 0. The molecule has 1 aromatic carbocycles. The van der Waals surface area contributed by atoms with Gasteiger partial charge < -0.3 is 0 Å². The lowest BCUT2D eigenvalue weighted by molar-refractivity contribution is 0.688.